The molecule has 0 saturated carbocycles. The summed E-state index contributed by atoms with van der Waals surface area (Å²) in [6, 6.07) is 8.92. The number of hydrogen-bond acceptors (Lipinski definition) is 5. The van der Waals surface area contributed by atoms with E-state index in [0.717, 1.165) is 30.1 Å². The van der Waals surface area contributed by atoms with Gasteiger partial charge in [-0.15, -0.1) is 0 Å². The minimum Gasteiger partial charge on any atom is -0.302 e. The number of likely N-dealkylation sites (N-methyl/N-ethyl adjacent to an activating group) is 1. The fraction of sp³-hybridized carbons (Fsp3) is 0.474. The van der Waals surface area contributed by atoms with Gasteiger partial charge in [0.1, 0.15) is 0 Å². The van der Waals surface area contributed by atoms with E-state index in [1.54, 1.807) is 0 Å². The number of nitrogens with one attached hydrogen (secondary N) is 1. The topological polar surface area (TPSA) is 82.1 Å². The van der Waals surface area contributed by atoms with E-state index in [4.69, 9.17) is 0 Å². The van der Waals surface area contributed by atoms with Crippen molar-refractivity contribution in [2.24, 2.45) is 10.9 Å². The van der Waals surface area contributed by atoms with Gasteiger partial charge in [-0.05, 0) is 25.1 Å². The molecule has 1 aliphatic rings. The highest BCUT2D eigenvalue weighted by Crippen LogP contribution is 2.11. The van der Waals surface area contributed by atoms with Crippen molar-refractivity contribution in [2.45, 2.75) is 20.3 Å². The molecule has 2 rings (SSSR count). The van der Waals surface area contributed by atoms with E-state index in [-0.39, 0.29) is 6.54 Å². The van der Waals surface area contributed by atoms with Crippen LogP contribution in [0.2, 0.25) is 0 Å². The maximum atomic E-state index is 12.6. The van der Waals surface area contributed by atoms with Gasteiger partial charge in [-0.25, -0.2) is 4.79 Å². The Kier molecular flexibility index (Phi) is 7.47. The van der Waals surface area contributed by atoms with Crippen molar-refractivity contribution in [2.75, 3.05) is 32.7 Å². The Hall–Kier alpha value is -2.54. The Labute approximate surface area is 154 Å². The summed E-state index contributed by atoms with van der Waals surface area (Å²) in [5.74, 6) is -2.16. The third-order valence-electron chi connectivity index (χ3n) is 4.45. The van der Waals surface area contributed by atoms with E-state index in [9.17, 15) is 14.4 Å². The summed E-state index contributed by atoms with van der Waals surface area (Å²) in [6.07, 6.45) is 1.91. The number of imide groups is 2. The second-order valence-electron chi connectivity index (χ2n) is 6.08. The number of rotatable bonds is 9. The molecule has 1 atom stereocenters. The number of barbiturate groups is 1. The Morgan fingerprint density at radius 2 is 1.85 bits per heavy atom. The lowest BCUT2D eigenvalue weighted by Crippen LogP contribution is -2.58. The fourth-order valence-corrected chi connectivity index (χ4v) is 2.78. The van der Waals surface area contributed by atoms with Crippen LogP contribution in [0.1, 0.15) is 19.4 Å². The maximum absolute atomic E-state index is 12.6. The molecule has 0 aliphatic carbocycles. The average Bonchev–Trinajstić information content (AvgIpc) is 2.64. The first-order chi connectivity index (χ1) is 12.6. The molecular formula is C19H26N4O3. The SMILES string of the molecule is CCN(CC)CCN=CC1C(=O)NC(=O)N(CCc2ccccc2)C1=O. The maximum Gasteiger partial charge on any atom is 0.330 e. The third-order valence-corrected chi connectivity index (χ3v) is 4.45. The number of carbonyl (C=O) groups excluding carboxylic acids is 3. The van der Waals surface area contributed by atoms with Crippen molar-refractivity contribution in [3.63, 3.8) is 0 Å². The number of aliphatic imine (C=N–C) groups is 1. The number of nitrogens with zero attached hydrogens (tertiary/aromatic N) is 3. The zero-order valence-electron chi connectivity index (χ0n) is 15.4. The number of urea groups is 1. The summed E-state index contributed by atoms with van der Waals surface area (Å²) in [5, 5.41) is 2.24. The van der Waals surface area contributed by atoms with Crippen LogP contribution in [0.15, 0.2) is 35.3 Å². The van der Waals surface area contributed by atoms with Crippen LogP contribution in [0.3, 0.4) is 0 Å². The molecule has 1 saturated heterocycles. The van der Waals surface area contributed by atoms with Crippen molar-refractivity contribution >= 4 is 24.1 Å². The van der Waals surface area contributed by atoms with Crippen molar-refractivity contribution in [3.05, 3.63) is 35.9 Å². The molecule has 7 nitrogen and oxygen atoms in total. The van der Waals surface area contributed by atoms with Gasteiger partial charge >= 0.3 is 6.03 Å². The summed E-state index contributed by atoms with van der Waals surface area (Å²) >= 11 is 0. The van der Waals surface area contributed by atoms with Crippen LogP contribution in [-0.4, -0.2) is 66.6 Å². The number of amides is 4. The molecule has 1 aromatic carbocycles. The van der Waals surface area contributed by atoms with E-state index >= 15 is 0 Å². The average molecular weight is 358 g/mol. The molecule has 1 unspecified atom stereocenters. The highest BCUT2D eigenvalue weighted by Gasteiger charge is 2.39. The van der Waals surface area contributed by atoms with E-state index in [1.807, 2.05) is 30.3 Å². The predicted molar refractivity (Wildman–Crippen MR) is 100 cm³/mol. The Balaban J connectivity index is 1.95. The van der Waals surface area contributed by atoms with Gasteiger partial charge in [-0.1, -0.05) is 44.2 Å². The fourth-order valence-electron chi connectivity index (χ4n) is 2.78. The smallest absolute Gasteiger partial charge is 0.302 e. The summed E-state index contributed by atoms with van der Waals surface area (Å²) < 4.78 is 0. The van der Waals surface area contributed by atoms with Crippen molar-refractivity contribution in [1.29, 1.82) is 0 Å². The molecule has 0 aromatic heterocycles. The molecular weight excluding hydrogens is 332 g/mol. The standard InChI is InChI=1S/C19H26N4O3/c1-3-22(4-2)13-11-20-14-16-17(24)21-19(26)23(18(16)25)12-10-15-8-6-5-7-9-15/h5-9,14,16H,3-4,10-13H2,1-2H3,(H,21,24,26). The van der Waals surface area contributed by atoms with Crippen LogP contribution in [0.5, 0.6) is 0 Å². The number of carbonyl (C=O) groups is 3. The first-order valence-electron chi connectivity index (χ1n) is 8.99. The van der Waals surface area contributed by atoms with Gasteiger partial charge in [-0.3, -0.25) is 24.8 Å². The van der Waals surface area contributed by atoms with Crippen molar-refractivity contribution in [1.82, 2.24) is 15.1 Å². The van der Waals surface area contributed by atoms with E-state index < -0.39 is 23.8 Å². The van der Waals surface area contributed by atoms with Crippen LogP contribution >= 0.6 is 0 Å². The first kappa shape index (κ1) is 19.8. The summed E-state index contributed by atoms with van der Waals surface area (Å²) in [6.45, 7) is 7.50. The highest BCUT2D eigenvalue weighted by atomic mass is 16.2. The number of hydrogen-bond donors (Lipinski definition) is 1. The van der Waals surface area contributed by atoms with Crippen LogP contribution < -0.4 is 5.32 Å². The lowest BCUT2D eigenvalue weighted by Gasteiger charge is -2.28. The Bertz CT molecular complexity index is 656. The lowest BCUT2D eigenvalue weighted by molar-refractivity contribution is -0.139. The van der Waals surface area contributed by atoms with Crippen LogP contribution in [-0.2, 0) is 16.0 Å². The molecule has 1 N–H and O–H groups in total. The largest absolute Gasteiger partial charge is 0.330 e. The molecule has 140 valence electrons. The minimum atomic E-state index is -1.04. The molecule has 0 spiro atoms. The molecule has 1 aliphatic heterocycles. The van der Waals surface area contributed by atoms with Gasteiger partial charge in [-0.2, -0.15) is 0 Å². The molecule has 26 heavy (non-hydrogen) atoms. The molecule has 7 heteroatoms. The molecule has 1 aromatic rings. The van der Waals surface area contributed by atoms with Crippen LogP contribution in [0.4, 0.5) is 4.79 Å². The summed E-state index contributed by atoms with van der Waals surface area (Å²) in [5.41, 5.74) is 1.02. The third kappa shape index (κ3) is 5.23. The molecule has 0 bridgehead atoms. The summed E-state index contributed by atoms with van der Waals surface area (Å²) in [4.78, 5) is 44.1. The number of benzene rings is 1. The van der Waals surface area contributed by atoms with Crippen molar-refractivity contribution < 1.29 is 14.4 Å². The predicted octanol–water partition coefficient (Wildman–Crippen LogP) is 1.34. The highest BCUT2D eigenvalue weighted by molar-refractivity contribution is 6.23. The van der Waals surface area contributed by atoms with Gasteiger partial charge in [0.15, 0.2) is 5.92 Å². The van der Waals surface area contributed by atoms with Crippen molar-refractivity contribution in [3.8, 4) is 0 Å². The van der Waals surface area contributed by atoms with E-state index in [2.05, 4.69) is 29.1 Å². The van der Waals surface area contributed by atoms with Crippen LogP contribution in [0.25, 0.3) is 0 Å². The molecule has 4 amide bonds. The normalized spacial score (nSPS) is 18.0. The van der Waals surface area contributed by atoms with Gasteiger partial charge in [0.25, 0.3) is 0 Å². The quantitative estimate of drug-likeness (QED) is 0.533. The van der Waals surface area contributed by atoms with E-state index in [0.29, 0.717) is 13.0 Å². The monoisotopic (exact) mass is 358 g/mol. The Morgan fingerprint density at radius 1 is 1.15 bits per heavy atom. The zero-order chi connectivity index (χ0) is 18.9. The first-order valence-corrected chi connectivity index (χ1v) is 8.99. The minimum absolute atomic E-state index is 0.228. The summed E-state index contributed by atoms with van der Waals surface area (Å²) in [7, 11) is 0. The zero-order valence-corrected chi connectivity index (χ0v) is 15.4. The molecule has 0 radical (unpaired) electrons. The molecule has 1 heterocycles. The lowest BCUT2D eigenvalue weighted by atomic mass is 10.1. The second kappa shape index (κ2) is 9.82. The Morgan fingerprint density at radius 3 is 2.50 bits per heavy atom. The van der Waals surface area contributed by atoms with Crippen LogP contribution in [0, 0.1) is 5.92 Å². The molecule has 1 fully saturated rings. The van der Waals surface area contributed by atoms with E-state index in [1.165, 1.54) is 6.21 Å². The second-order valence-corrected chi connectivity index (χ2v) is 6.08. The van der Waals surface area contributed by atoms with Gasteiger partial charge in [0, 0.05) is 19.3 Å². The van der Waals surface area contributed by atoms with Gasteiger partial charge in [0.2, 0.25) is 11.8 Å². The van der Waals surface area contributed by atoms with Gasteiger partial charge in [0.05, 0.1) is 6.54 Å². The van der Waals surface area contributed by atoms with Gasteiger partial charge < -0.3 is 4.90 Å².